The van der Waals surface area contributed by atoms with Crippen molar-refractivity contribution in [2.75, 3.05) is 6.61 Å². The minimum Gasteiger partial charge on any atom is -0.484 e. The number of carbonyl (C=O) groups excluding carboxylic acids is 1. The maximum Gasteiger partial charge on any atom is 0.269 e. The van der Waals surface area contributed by atoms with Crippen LogP contribution in [0.15, 0.2) is 24.3 Å². The van der Waals surface area contributed by atoms with Gasteiger partial charge >= 0.3 is 0 Å². The van der Waals surface area contributed by atoms with Crippen LogP contribution in [0.3, 0.4) is 0 Å². The van der Waals surface area contributed by atoms with Crippen LogP contribution in [0.5, 0.6) is 5.75 Å². The number of hydrogen-bond donors (Lipinski definition) is 1. The summed E-state index contributed by atoms with van der Waals surface area (Å²) in [4.78, 5) is 22.1. The molecule has 120 valence electrons. The van der Waals surface area contributed by atoms with Crippen molar-refractivity contribution in [3.63, 3.8) is 0 Å². The fourth-order valence-electron chi connectivity index (χ4n) is 2.85. The zero-order chi connectivity index (χ0) is 16.1. The monoisotopic (exact) mass is 306 g/mol. The van der Waals surface area contributed by atoms with E-state index in [1.54, 1.807) is 0 Å². The van der Waals surface area contributed by atoms with Crippen LogP contribution in [0.2, 0.25) is 0 Å². The Balaban J connectivity index is 1.81. The van der Waals surface area contributed by atoms with Crippen LogP contribution in [0.1, 0.15) is 33.1 Å². The van der Waals surface area contributed by atoms with Gasteiger partial charge in [-0.05, 0) is 30.4 Å². The molecule has 0 unspecified atom stereocenters. The number of nitrogens with zero attached hydrogens (tertiary/aromatic N) is 1. The molecule has 1 aromatic rings. The van der Waals surface area contributed by atoms with Crippen molar-refractivity contribution < 1.29 is 14.5 Å². The Morgan fingerprint density at radius 1 is 1.32 bits per heavy atom. The Labute approximate surface area is 130 Å². The lowest BCUT2D eigenvalue weighted by molar-refractivity contribution is -0.384. The molecule has 1 aliphatic carbocycles. The molecule has 0 radical (unpaired) electrons. The molecule has 0 aliphatic heterocycles. The van der Waals surface area contributed by atoms with E-state index >= 15 is 0 Å². The fourth-order valence-corrected chi connectivity index (χ4v) is 2.85. The number of amides is 1. The van der Waals surface area contributed by atoms with E-state index in [2.05, 4.69) is 19.2 Å². The van der Waals surface area contributed by atoms with E-state index in [9.17, 15) is 14.9 Å². The van der Waals surface area contributed by atoms with Crippen LogP contribution in [0, 0.1) is 22.0 Å². The van der Waals surface area contributed by atoms with E-state index in [1.165, 1.54) is 30.7 Å². The van der Waals surface area contributed by atoms with E-state index in [4.69, 9.17) is 4.74 Å². The second kappa shape index (κ2) is 7.24. The topological polar surface area (TPSA) is 81.5 Å². The second-order valence-corrected chi connectivity index (χ2v) is 5.98. The maximum atomic E-state index is 12.0. The number of nitrogens with one attached hydrogen (secondary N) is 1. The van der Waals surface area contributed by atoms with Gasteiger partial charge in [0.25, 0.3) is 11.6 Å². The van der Waals surface area contributed by atoms with Crippen LogP contribution in [0.4, 0.5) is 5.69 Å². The third-order valence-corrected chi connectivity index (χ3v) is 4.47. The molecule has 0 saturated heterocycles. The predicted octanol–water partition coefficient (Wildman–Crippen LogP) is 2.91. The number of non-ortho nitro benzene ring substituents is 1. The number of benzene rings is 1. The first-order chi connectivity index (χ1) is 10.5. The molecule has 3 atom stereocenters. The van der Waals surface area contributed by atoms with Gasteiger partial charge in [0, 0.05) is 18.2 Å². The molecule has 2 rings (SSSR count). The van der Waals surface area contributed by atoms with Crippen LogP contribution < -0.4 is 10.1 Å². The zero-order valence-electron chi connectivity index (χ0n) is 13.0. The Morgan fingerprint density at radius 3 is 2.64 bits per heavy atom. The van der Waals surface area contributed by atoms with Gasteiger partial charge in [-0.1, -0.05) is 26.7 Å². The first-order valence-corrected chi connectivity index (χ1v) is 7.64. The van der Waals surface area contributed by atoms with Gasteiger partial charge in [-0.2, -0.15) is 0 Å². The van der Waals surface area contributed by atoms with Crippen molar-refractivity contribution in [1.82, 2.24) is 5.32 Å². The predicted molar refractivity (Wildman–Crippen MR) is 82.7 cm³/mol. The van der Waals surface area contributed by atoms with Crippen LogP contribution >= 0.6 is 0 Å². The molecule has 1 fully saturated rings. The minimum atomic E-state index is -0.470. The summed E-state index contributed by atoms with van der Waals surface area (Å²) in [6.07, 6.45) is 3.36. The Kier molecular flexibility index (Phi) is 5.35. The highest BCUT2D eigenvalue weighted by atomic mass is 16.6. The van der Waals surface area contributed by atoms with Crippen molar-refractivity contribution in [2.45, 2.75) is 39.2 Å². The number of ether oxygens (including phenoxy) is 1. The van der Waals surface area contributed by atoms with Gasteiger partial charge in [0.05, 0.1) is 4.92 Å². The summed E-state index contributed by atoms with van der Waals surface area (Å²) in [5.74, 6) is 1.39. The van der Waals surface area contributed by atoms with Gasteiger partial charge in [-0.25, -0.2) is 0 Å². The Morgan fingerprint density at radius 2 is 2.00 bits per heavy atom. The third-order valence-electron chi connectivity index (χ3n) is 4.47. The first-order valence-electron chi connectivity index (χ1n) is 7.64. The van der Waals surface area contributed by atoms with Crippen molar-refractivity contribution in [2.24, 2.45) is 11.8 Å². The van der Waals surface area contributed by atoms with Crippen molar-refractivity contribution in [1.29, 1.82) is 0 Å². The molecule has 0 spiro atoms. The van der Waals surface area contributed by atoms with Gasteiger partial charge in [0.2, 0.25) is 0 Å². The summed E-state index contributed by atoms with van der Waals surface area (Å²) in [6.45, 7) is 4.32. The molecule has 1 N–H and O–H groups in total. The maximum absolute atomic E-state index is 12.0. The van der Waals surface area contributed by atoms with E-state index in [0.29, 0.717) is 17.6 Å². The van der Waals surface area contributed by atoms with Gasteiger partial charge in [0.15, 0.2) is 6.61 Å². The average molecular weight is 306 g/mol. The summed E-state index contributed by atoms with van der Waals surface area (Å²) in [5.41, 5.74) is 0.00168. The molecule has 22 heavy (non-hydrogen) atoms. The summed E-state index contributed by atoms with van der Waals surface area (Å²) in [6, 6.07) is 5.92. The highest BCUT2D eigenvalue weighted by molar-refractivity contribution is 5.77. The number of rotatable bonds is 5. The van der Waals surface area contributed by atoms with E-state index in [1.807, 2.05) is 0 Å². The molecule has 0 aromatic heterocycles. The average Bonchev–Trinajstić information content (AvgIpc) is 2.50. The Hall–Kier alpha value is -2.11. The zero-order valence-corrected chi connectivity index (χ0v) is 13.0. The van der Waals surface area contributed by atoms with Gasteiger partial charge in [-0.15, -0.1) is 0 Å². The van der Waals surface area contributed by atoms with Crippen molar-refractivity contribution in [3.8, 4) is 5.75 Å². The Bertz CT molecular complexity index is 529. The largest absolute Gasteiger partial charge is 0.484 e. The SMILES string of the molecule is C[C@@H]1[C@H](C)CCC[C@@H]1NC(=O)COc1ccc([N+](=O)[O-])cc1. The molecule has 1 aromatic carbocycles. The minimum absolute atomic E-state index is 0.00168. The van der Waals surface area contributed by atoms with Gasteiger partial charge < -0.3 is 10.1 Å². The summed E-state index contributed by atoms with van der Waals surface area (Å²) in [7, 11) is 0. The standard InChI is InChI=1S/C16H22N2O4/c1-11-4-3-5-15(12(11)2)17-16(19)10-22-14-8-6-13(7-9-14)18(20)21/h6-9,11-12,15H,3-5,10H2,1-2H3,(H,17,19)/t11-,12-,15+/m1/s1. The molecular weight excluding hydrogens is 284 g/mol. The van der Waals surface area contributed by atoms with Crippen LogP contribution in [0.25, 0.3) is 0 Å². The normalized spacial score (nSPS) is 24.5. The molecule has 1 aliphatic rings. The molecule has 6 heteroatoms. The molecular formula is C16H22N2O4. The number of nitro groups is 1. The molecule has 6 nitrogen and oxygen atoms in total. The summed E-state index contributed by atoms with van der Waals surface area (Å²) < 4.78 is 5.37. The van der Waals surface area contributed by atoms with Crippen molar-refractivity contribution >= 4 is 11.6 Å². The number of hydrogen-bond acceptors (Lipinski definition) is 4. The second-order valence-electron chi connectivity index (χ2n) is 5.98. The smallest absolute Gasteiger partial charge is 0.269 e. The van der Waals surface area contributed by atoms with Crippen LogP contribution in [-0.4, -0.2) is 23.5 Å². The number of nitro benzene ring substituents is 1. The van der Waals surface area contributed by atoms with Gasteiger partial charge in [0.1, 0.15) is 5.75 Å². The molecule has 0 bridgehead atoms. The fraction of sp³-hybridized carbons (Fsp3) is 0.562. The molecule has 1 saturated carbocycles. The highest BCUT2D eigenvalue weighted by Gasteiger charge is 2.28. The molecule has 1 amide bonds. The van der Waals surface area contributed by atoms with Gasteiger partial charge in [-0.3, -0.25) is 14.9 Å². The van der Waals surface area contributed by atoms with E-state index in [0.717, 1.165) is 12.8 Å². The summed E-state index contributed by atoms with van der Waals surface area (Å²) in [5, 5.41) is 13.6. The number of carbonyl (C=O) groups is 1. The first kappa shape index (κ1) is 16.3. The quantitative estimate of drug-likeness (QED) is 0.670. The highest BCUT2D eigenvalue weighted by Crippen LogP contribution is 2.29. The van der Waals surface area contributed by atoms with E-state index < -0.39 is 4.92 Å². The third kappa shape index (κ3) is 4.19. The van der Waals surface area contributed by atoms with E-state index in [-0.39, 0.29) is 24.2 Å². The lowest BCUT2D eigenvalue weighted by atomic mass is 9.78. The molecule has 0 heterocycles. The van der Waals surface area contributed by atoms with Crippen LogP contribution in [-0.2, 0) is 4.79 Å². The van der Waals surface area contributed by atoms with Crippen molar-refractivity contribution in [3.05, 3.63) is 34.4 Å². The lowest BCUT2D eigenvalue weighted by Gasteiger charge is -2.34. The summed E-state index contributed by atoms with van der Waals surface area (Å²) >= 11 is 0. The lowest BCUT2D eigenvalue weighted by Crippen LogP contribution is -2.45.